The van der Waals surface area contributed by atoms with Crippen molar-refractivity contribution < 1.29 is 9.84 Å². The maximum absolute atomic E-state index is 9.40. The minimum atomic E-state index is 0.112. The Kier molecular flexibility index (Phi) is 7.50. The standard InChI is InChI=1S/C17H28ClNO2/c1-5-13(6-12(9-19)10-20)16-8-14(18)7-15(11(2)3)17(16)21-4/h7-8,11-13,20H,5-6,9-10,19H2,1-4H3. The average Bonchev–Trinajstić information content (AvgIpc) is 2.47. The van der Waals surface area contributed by atoms with Crippen molar-refractivity contribution in [2.45, 2.75) is 45.4 Å². The number of halogens is 1. The summed E-state index contributed by atoms with van der Waals surface area (Å²) < 4.78 is 5.67. The third kappa shape index (κ3) is 4.60. The molecular formula is C17H28ClNO2. The second-order valence-corrected chi connectivity index (χ2v) is 6.33. The molecule has 0 saturated carbocycles. The summed E-state index contributed by atoms with van der Waals surface area (Å²) >= 11 is 6.30. The Bertz CT molecular complexity index is 445. The van der Waals surface area contributed by atoms with Crippen molar-refractivity contribution in [1.82, 2.24) is 0 Å². The highest BCUT2D eigenvalue weighted by Crippen LogP contribution is 2.40. The Morgan fingerprint density at radius 1 is 1.29 bits per heavy atom. The molecule has 0 heterocycles. The molecule has 2 atom stereocenters. The van der Waals surface area contributed by atoms with Crippen LogP contribution < -0.4 is 10.5 Å². The molecule has 4 heteroatoms. The molecule has 3 nitrogen and oxygen atoms in total. The fourth-order valence-corrected chi connectivity index (χ4v) is 3.00. The van der Waals surface area contributed by atoms with E-state index < -0.39 is 0 Å². The van der Waals surface area contributed by atoms with Crippen LogP contribution in [0, 0.1) is 5.92 Å². The first-order valence-corrected chi connectivity index (χ1v) is 8.04. The third-order valence-corrected chi connectivity index (χ3v) is 4.30. The molecule has 1 aromatic rings. The van der Waals surface area contributed by atoms with E-state index in [0.29, 0.717) is 12.5 Å². The summed E-state index contributed by atoms with van der Waals surface area (Å²) in [4.78, 5) is 0. The van der Waals surface area contributed by atoms with Gasteiger partial charge in [-0.25, -0.2) is 0 Å². The van der Waals surface area contributed by atoms with E-state index in [0.717, 1.165) is 34.7 Å². The van der Waals surface area contributed by atoms with Crippen molar-refractivity contribution in [3.63, 3.8) is 0 Å². The van der Waals surface area contributed by atoms with Crippen molar-refractivity contribution >= 4 is 11.6 Å². The molecule has 0 aliphatic heterocycles. The summed E-state index contributed by atoms with van der Waals surface area (Å²) in [5, 5.41) is 10.1. The molecular weight excluding hydrogens is 286 g/mol. The smallest absolute Gasteiger partial charge is 0.125 e. The van der Waals surface area contributed by atoms with Crippen LogP contribution in [0.5, 0.6) is 5.75 Å². The van der Waals surface area contributed by atoms with E-state index in [1.807, 2.05) is 12.1 Å². The van der Waals surface area contributed by atoms with Gasteiger partial charge < -0.3 is 15.6 Å². The van der Waals surface area contributed by atoms with Gasteiger partial charge in [-0.3, -0.25) is 0 Å². The molecule has 0 aliphatic rings. The molecule has 1 rings (SSSR count). The molecule has 0 bridgehead atoms. The summed E-state index contributed by atoms with van der Waals surface area (Å²) in [5.41, 5.74) is 7.98. The number of benzene rings is 1. The summed E-state index contributed by atoms with van der Waals surface area (Å²) in [6.45, 7) is 7.02. The molecule has 0 radical (unpaired) electrons. The van der Waals surface area contributed by atoms with Crippen molar-refractivity contribution in [1.29, 1.82) is 0 Å². The van der Waals surface area contributed by atoms with E-state index in [4.69, 9.17) is 22.1 Å². The van der Waals surface area contributed by atoms with Gasteiger partial charge >= 0.3 is 0 Å². The van der Waals surface area contributed by atoms with E-state index >= 15 is 0 Å². The minimum Gasteiger partial charge on any atom is -0.496 e. The average molecular weight is 314 g/mol. The van der Waals surface area contributed by atoms with Crippen LogP contribution in [-0.2, 0) is 0 Å². The lowest BCUT2D eigenvalue weighted by Gasteiger charge is -2.25. The summed E-state index contributed by atoms with van der Waals surface area (Å²) in [6, 6.07) is 3.97. The maximum atomic E-state index is 9.40. The molecule has 120 valence electrons. The fraction of sp³-hybridized carbons (Fsp3) is 0.647. The second kappa shape index (κ2) is 8.62. The predicted octanol–water partition coefficient (Wildman–Crippen LogP) is 3.92. The van der Waals surface area contributed by atoms with Crippen LogP contribution in [0.4, 0.5) is 0 Å². The van der Waals surface area contributed by atoms with E-state index in [1.165, 1.54) is 0 Å². The van der Waals surface area contributed by atoms with Crippen LogP contribution >= 0.6 is 11.6 Å². The van der Waals surface area contributed by atoms with E-state index in [1.54, 1.807) is 7.11 Å². The fourth-order valence-electron chi connectivity index (χ4n) is 2.77. The van der Waals surface area contributed by atoms with E-state index in [2.05, 4.69) is 20.8 Å². The lowest BCUT2D eigenvalue weighted by molar-refractivity contribution is 0.214. The zero-order chi connectivity index (χ0) is 16.0. The summed E-state index contributed by atoms with van der Waals surface area (Å²) in [6.07, 6.45) is 1.81. The highest BCUT2D eigenvalue weighted by molar-refractivity contribution is 6.30. The Morgan fingerprint density at radius 3 is 2.33 bits per heavy atom. The third-order valence-electron chi connectivity index (χ3n) is 4.08. The Morgan fingerprint density at radius 2 is 1.90 bits per heavy atom. The number of rotatable bonds is 8. The van der Waals surface area contributed by atoms with Gasteiger partial charge in [-0.15, -0.1) is 0 Å². The van der Waals surface area contributed by atoms with Crippen LogP contribution in [0.3, 0.4) is 0 Å². The molecule has 0 fully saturated rings. The second-order valence-electron chi connectivity index (χ2n) is 5.90. The number of hydrogen-bond acceptors (Lipinski definition) is 3. The van der Waals surface area contributed by atoms with Crippen molar-refractivity contribution in [2.75, 3.05) is 20.3 Å². The van der Waals surface area contributed by atoms with Gasteiger partial charge in [-0.2, -0.15) is 0 Å². The van der Waals surface area contributed by atoms with Gasteiger partial charge in [0, 0.05) is 11.6 Å². The van der Waals surface area contributed by atoms with Gasteiger partial charge in [0.25, 0.3) is 0 Å². The highest BCUT2D eigenvalue weighted by Gasteiger charge is 2.22. The van der Waals surface area contributed by atoms with Crippen LogP contribution in [0.2, 0.25) is 5.02 Å². The lowest BCUT2D eigenvalue weighted by atomic mass is 9.84. The van der Waals surface area contributed by atoms with E-state index in [9.17, 15) is 5.11 Å². The van der Waals surface area contributed by atoms with Crippen molar-refractivity contribution in [3.05, 3.63) is 28.3 Å². The first kappa shape index (κ1) is 18.3. The molecule has 0 aliphatic carbocycles. The largest absolute Gasteiger partial charge is 0.496 e. The quantitative estimate of drug-likeness (QED) is 0.764. The molecule has 0 amide bonds. The monoisotopic (exact) mass is 313 g/mol. The first-order valence-electron chi connectivity index (χ1n) is 7.66. The van der Waals surface area contributed by atoms with Gasteiger partial charge in [-0.1, -0.05) is 32.4 Å². The van der Waals surface area contributed by atoms with Gasteiger partial charge in [0.1, 0.15) is 5.75 Å². The van der Waals surface area contributed by atoms with Crippen LogP contribution in [0.1, 0.15) is 56.6 Å². The number of aliphatic hydroxyl groups excluding tert-OH is 1. The van der Waals surface area contributed by atoms with Crippen molar-refractivity contribution in [3.8, 4) is 5.75 Å². The number of hydrogen-bond donors (Lipinski definition) is 2. The molecule has 1 aromatic carbocycles. The number of ether oxygens (including phenoxy) is 1. The molecule has 21 heavy (non-hydrogen) atoms. The molecule has 0 aromatic heterocycles. The molecule has 2 unspecified atom stereocenters. The SMILES string of the molecule is CCC(CC(CN)CO)c1cc(Cl)cc(C(C)C)c1OC. The lowest BCUT2D eigenvalue weighted by Crippen LogP contribution is -2.21. The van der Waals surface area contributed by atoms with Gasteiger partial charge in [0.15, 0.2) is 0 Å². The zero-order valence-corrected chi connectivity index (χ0v) is 14.3. The van der Waals surface area contributed by atoms with Crippen LogP contribution in [0.25, 0.3) is 0 Å². The number of nitrogens with two attached hydrogens (primary N) is 1. The maximum Gasteiger partial charge on any atom is 0.125 e. The van der Waals surface area contributed by atoms with Crippen molar-refractivity contribution in [2.24, 2.45) is 11.7 Å². The molecule has 0 saturated heterocycles. The van der Waals surface area contributed by atoms with Gasteiger partial charge in [0.05, 0.1) is 7.11 Å². The van der Waals surface area contributed by atoms with Crippen LogP contribution in [0.15, 0.2) is 12.1 Å². The number of methoxy groups -OCH3 is 1. The highest BCUT2D eigenvalue weighted by atomic mass is 35.5. The Labute approximate surface area is 133 Å². The van der Waals surface area contributed by atoms with Crippen LogP contribution in [-0.4, -0.2) is 25.4 Å². The summed E-state index contributed by atoms with van der Waals surface area (Å²) in [5.74, 6) is 1.67. The Balaban J connectivity index is 3.24. The zero-order valence-electron chi connectivity index (χ0n) is 13.5. The predicted molar refractivity (Wildman–Crippen MR) is 89.4 cm³/mol. The molecule has 3 N–H and O–H groups in total. The van der Waals surface area contributed by atoms with Gasteiger partial charge in [-0.05, 0) is 60.4 Å². The Hall–Kier alpha value is -0.770. The minimum absolute atomic E-state index is 0.112. The normalized spacial score (nSPS) is 14.3. The summed E-state index contributed by atoms with van der Waals surface area (Å²) in [7, 11) is 1.71. The number of aliphatic hydroxyl groups is 1. The van der Waals surface area contributed by atoms with Gasteiger partial charge in [0.2, 0.25) is 0 Å². The van der Waals surface area contributed by atoms with E-state index in [-0.39, 0.29) is 18.4 Å². The first-order chi connectivity index (χ1) is 9.98. The topological polar surface area (TPSA) is 55.5 Å². The molecule has 0 spiro atoms.